The Bertz CT molecular complexity index is 1150. The molecule has 10 heteroatoms. The first kappa shape index (κ1) is 17.6. The zero-order chi connectivity index (χ0) is 19.8. The molecule has 3 aromatic heterocycles. The summed E-state index contributed by atoms with van der Waals surface area (Å²) in [6, 6.07) is 2.61. The number of aromatic nitrogens is 5. The molecule has 0 aliphatic carbocycles. The van der Waals surface area contributed by atoms with Crippen molar-refractivity contribution in [3.05, 3.63) is 42.4 Å². The summed E-state index contributed by atoms with van der Waals surface area (Å²) in [6.07, 6.45) is 4.56. The van der Waals surface area contributed by atoms with Crippen LogP contribution in [-0.4, -0.2) is 39.4 Å². The van der Waals surface area contributed by atoms with Gasteiger partial charge in [-0.15, -0.1) is 0 Å². The smallest absolute Gasteiger partial charge is 0.220 e. The SMILES string of the molecule is COc1cc(OC)c(F)c(-c2cc3cnc(N)nc3c(-c3cn[nH]c3)n2)c1F. The molecular weight excluding hydrogens is 370 g/mol. The van der Waals surface area contributed by atoms with Gasteiger partial charge in [0.1, 0.15) is 11.2 Å². The summed E-state index contributed by atoms with van der Waals surface area (Å²) in [5.41, 5.74) is 6.66. The first-order chi connectivity index (χ1) is 13.5. The molecular formula is C18H14F2N6O2. The molecule has 0 radical (unpaired) electrons. The number of ether oxygens (including phenoxy) is 2. The third-order valence-electron chi connectivity index (χ3n) is 4.19. The first-order valence-electron chi connectivity index (χ1n) is 8.06. The normalized spacial score (nSPS) is 11.0. The van der Waals surface area contributed by atoms with E-state index in [2.05, 4.69) is 25.1 Å². The fourth-order valence-electron chi connectivity index (χ4n) is 2.87. The van der Waals surface area contributed by atoms with Gasteiger partial charge in [-0.05, 0) is 6.07 Å². The van der Waals surface area contributed by atoms with E-state index in [0.717, 1.165) is 6.07 Å². The van der Waals surface area contributed by atoms with Crippen molar-refractivity contribution in [2.45, 2.75) is 0 Å². The predicted octanol–water partition coefficient (Wildman–Crippen LogP) is 2.96. The number of hydrogen-bond donors (Lipinski definition) is 2. The van der Waals surface area contributed by atoms with Crippen molar-refractivity contribution in [3.63, 3.8) is 0 Å². The molecule has 1 aromatic carbocycles. The number of fused-ring (bicyclic) bond motifs is 1. The van der Waals surface area contributed by atoms with E-state index in [9.17, 15) is 8.78 Å². The molecule has 0 fully saturated rings. The number of rotatable bonds is 4. The zero-order valence-electron chi connectivity index (χ0n) is 14.8. The fourth-order valence-corrected chi connectivity index (χ4v) is 2.87. The lowest BCUT2D eigenvalue weighted by molar-refractivity contribution is 0.359. The molecule has 0 atom stereocenters. The number of pyridine rings is 1. The quantitative estimate of drug-likeness (QED) is 0.556. The van der Waals surface area contributed by atoms with Gasteiger partial charge in [-0.3, -0.25) is 5.10 Å². The second-order valence-corrected chi connectivity index (χ2v) is 5.79. The molecule has 4 rings (SSSR count). The van der Waals surface area contributed by atoms with Gasteiger partial charge < -0.3 is 15.2 Å². The highest BCUT2D eigenvalue weighted by Crippen LogP contribution is 2.39. The van der Waals surface area contributed by atoms with Crippen molar-refractivity contribution in [3.8, 4) is 34.0 Å². The molecule has 0 aliphatic rings. The van der Waals surface area contributed by atoms with E-state index in [1.807, 2.05) is 0 Å². The molecule has 0 saturated heterocycles. The van der Waals surface area contributed by atoms with Crippen LogP contribution in [0.25, 0.3) is 33.4 Å². The number of hydrogen-bond acceptors (Lipinski definition) is 7. The maximum absolute atomic E-state index is 14.9. The van der Waals surface area contributed by atoms with Crippen LogP contribution >= 0.6 is 0 Å². The number of anilines is 1. The van der Waals surface area contributed by atoms with Crippen LogP contribution in [0.15, 0.2) is 30.7 Å². The van der Waals surface area contributed by atoms with Gasteiger partial charge in [0.15, 0.2) is 23.1 Å². The van der Waals surface area contributed by atoms with Crippen molar-refractivity contribution in [2.24, 2.45) is 0 Å². The van der Waals surface area contributed by atoms with Crippen molar-refractivity contribution >= 4 is 16.9 Å². The number of nitrogens with zero attached hydrogens (tertiary/aromatic N) is 4. The van der Waals surface area contributed by atoms with Crippen LogP contribution in [0.5, 0.6) is 11.5 Å². The average molecular weight is 384 g/mol. The minimum Gasteiger partial charge on any atom is -0.494 e. The molecule has 8 nitrogen and oxygen atoms in total. The third-order valence-corrected chi connectivity index (χ3v) is 4.19. The van der Waals surface area contributed by atoms with Gasteiger partial charge in [0, 0.05) is 29.4 Å². The minimum absolute atomic E-state index is 0.0178. The Balaban J connectivity index is 2.08. The summed E-state index contributed by atoms with van der Waals surface area (Å²) in [6.45, 7) is 0. The molecule has 0 saturated carbocycles. The van der Waals surface area contributed by atoms with Crippen LogP contribution in [0, 0.1) is 11.6 Å². The van der Waals surface area contributed by atoms with Crippen molar-refractivity contribution in [1.29, 1.82) is 0 Å². The van der Waals surface area contributed by atoms with E-state index in [-0.39, 0.29) is 28.7 Å². The molecule has 0 aliphatic heterocycles. The molecule has 0 unspecified atom stereocenters. The fraction of sp³-hybridized carbons (Fsp3) is 0.111. The number of nitrogens with two attached hydrogens (primary N) is 1. The summed E-state index contributed by atoms with van der Waals surface area (Å²) in [5.74, 6) is -2.10. The Morgan fingerprint density at radius 1 is 1.00 bits per heavy atom. The third kappa shape index (κ3) is 2.75. The summed E-state index contributed by atoms with van der Waals surface area (Å²) in [7, 11) is 2.56. The molecule has 142 valence electrons. The predicted molar refractivity (Wildman–Crippen MR) is 97.8 cm³/mol. The van der Waals surface area contributed by atoms with Crippen LogP contribution in [0.4, 0.5) is 14.7 Å². The van der Waals surface area contributed by atoms with E-state index in [4.69, 9.17) is 15.2 Å². The second-order valence-electron chi connectivity index (χ2n) is 5.79. The maximum Gasteiger partial charge on any atom is 0.220 e. The number of halogens is 2. The zero-order valence-corrected chi connectivity index (χ0v) is 14.8. The van der Waals surface area contributed by atoms with Crippen LogP contribution < -0.4 is 15.2 Å². The summed E-state index contributed by atoms with van der Waals surface area (Å²) >= 11 is 0. The van der Waals surface area contributed by atoms with Gasteiger partial charge in [0.25, 0.3) is 0 Å². The highest BCUT2D eigenvalue weighted by molar-refractivity contribution is 5.94. The lowest BCUT2D eigenvalue weighted by Gasteiger charge is -2.14. The number of H-pyrrole nitrogens is 1. The van der Waals surface area contributed by atoms with Crippen molar-refractivity contribution in [1.82, 2.24) is 25.1 Å². The van der Waals surface area contributed by atoms with Crippen LogP contribution in [0.2, 0.25) is 0 Å². The maximum atomic E-state index is 14.9. The van der Waals surface area contributed by atoms with Gasteiger partial charge in [0.05, 0.1) is 31.7 Å². The number of methoxy groups -OCH3 is 2. The van der Waals surface area contributed by atoms with Gasteiger partial charge in [-0.1, -0.05) is 0 Å². The van der Waals surface area contributed by atoms with E-state index in [0.29, 0.717) is 22.2 Å². The van der Waals surface area contributed by atoms with Crippen LogP contribution in [0.1, 0.15) is 0 Å². The first-order valence-corrected chi connectivity index (χ1v) is 8.06. The molecule has 0 bridgehead atoms. The van der Waals surface area contributed by atoms with Crippen molar-refractivity contribution in [2.75, 3.05) is 20.0 Å². The molecule has 0 spiro atoms. The van der Waals surface area contributed by atoms with Gasteiger partial charge >= 0.3 is 0 Å². The summed E-state index contributed by atoms with van der Waals surface area (Å²) in [4.78, 5) is 12.6. The topological polar surface area (TPSA) is 112 Å². The van der Waals surface area contributed by atoms with E-state index in [1.54, 1.807) is 6.20 Å². The summed E-state index contributed by atoms with van der Waals surface area (Å²) < 4.78 is 39.9. The average Bonchev–Trinajstić information content (AvgIpc) is 3.22. The molecule has 4 aromatic rings. The van der Waals surface area contributed by atoms with Gasteiger partial charge in [0.2, 0.25) is 5.95 Å². The molecule has 3 N–H and O–H groups in total. The molecule has 3 heterocycles. The lowest BCUT2D eigenvalue weighted by Crippen LogP contribution is -2.02. The Hall–Kier alpha value is -3.82. The number of nitrogen functional groups attached to an aromatic ring is 1. The van der Waals surface area contributed by atoms with Gasteiger partial charge in [-0.2, -0.15) is 5.10 Å². The minimum atomic E-state index is -0.901. The van der Waals surface area contributed by atoms with E-state index >= 15 is 0 Å². The Morgan fingerprint density at radius 2 is 1.71 bits per heavy atom. The Labute approximate surface area is 157 Å². The largest absolute Gasteiger partial charge is 0.494 e. The van der Waals surface area contributed by atoms with Crippen LogP contribution in [0.3, 0.4) is 0 Å². The lowest BCUT2D eigenvalue weighted by atomic mass is 10.0. The van der Waals surface area contributed by atoms with Gasteiger partial charge in [-0.25, -0.2) is 23.7 Å². The number of benzene rings is 1. The standard InChI is InChI=1S/C18H14F2N6O2/c1-27-11-4-12(28-2)15(20)13(14(11)19)10-3-8-5-22-18(21)26-16(8)17(25-10)9-6-23-24-7-9/h3-7H,1-2H3,(H,23,24)(H2,21,22,26). The van der Waals surface area contributed by atoms with Crippen LogP contribution in [-0.2, 0) is 0 Å². The van der Waals surface area contributed by atoms with E-state index in [1.165, 1.54) is 32.7 Å². The number of nitrogens with one attached hydrogen (secondary N) is 1. The highest BCUT2D eigenvalue weighted by atomic mass is 19.1. The van der Waals surface area contributed by atoms with Crippen molar-refractivity contribution < 1.29 is 18.3 Å². The highest BCUT2D eigenvalue weighted by Gasteiger charge is 2.24. The summed E-state index contributed by atoms with van der Waals surface area (Å²) in [5, 5.41) is 7.06. The number of aromatic amines is 1. The Morgan fingerprint density at radius 3 is 2.32 bits per heavy atom. The second kappa shape index (κ2) is 6.72. The molecule has 28 heavy (non-hydrogen) atoms. The van der Waals surface area contributed by atoms with E-state index < -0.39 is 11.6 Å². The monoisotopic (exact) mass is 384 g/mol. The Kier molecular flexibility index (Phi) is 4.22. The molecule has 0 amide bonds.